The predicted molar refractivity (Wildman–Crippen MR) is 128 cm³/mol. The van der Waals surface area contributed by atoms with E-state index in [1.807, 2.05) is 51.1 Å². The predicted octanol–water partition coefficient (Wildman–Crippen LogP) is 6.47. The molecule has 168 valence electrons. The molecule has 7 heteroatoms. The molecule has 1 heterocycles. The summed E-state index contributed by atoms with van der Waals surface area (Å²) in [7, 11) is 0. The Hall–Kier alpha value is -2.41. The number of nitrogens with one attached hydrogen (secondary N) is 2. The molecule has 0 spiro atoms. The van der Waals surface area contributed by atoms with E-state index in [1.165, 1.54) is 0 Å². The second-order valence-electron chi connectivity index (χ2n) is 8.96. The molecular formula is C24H32BrN3O3. The summed E-state index contributed by atoms with van der Waals surface area (Å²) >= 11 is 3.39. The van der Waals surface area contributed by atoms with Gasteiger partial charge in [0.1, 0.15) is 5.60 Å². The topological polar surface area (TPSA) is 80.3 Å². The van der Waals surface area contributed by atoms with Crippen molar-refractivity contribution in [3.8, 4) is 11.3 Å². The van der Waals surface area contributed by atoms with E-state index in [2.05, 4.69) is 45.4 Å². The molecule has 0 aliphatic carbocycles. The number of nitrogens with zero attached hydrogens (tertiary/aromatic N) is 1. The van der Waals surface area contributed by atoms with Gasteiger partial charge in [-0.05, 0) is 66.7 Å². The fourth-order valence-electron chi connectivity index (χ4n) is 3.25. The number of pyridine rings is 1. The lowest BCUT2D eigenvalue weighted by atomic mass is 9.96. The minimum atomic E-state index is -0.564. The van der Waals surface area contributed by atoms with Gasteiger partial charge in [0.05, 0.1) is 17.4 Å². The van der Waals surface area contributed by atoms with Crippen LogP contribution < -0.4 is 10.6 Å². The molecule has 2 N–H and O–H groups in total. The summed E-state index contributed by atoms with van der Waals surface area (Å²) in [4.78, 5) is 28.0. The second-order valence-corrected chi connectivity index (χ2v) is 9.88. The number of alkyl carbamates (subject to hydrolysis) is 1. The van der Waals surface area contributed by atoms with Gasteiger partial charge in [-0.2, -0.15) is 0 Å². The highest BCUT2D eigenvalue weighted by atomic mass is 79.9. The van der Waals surface area contributed by atoms with Gasteiger partial charge in [-0.15, -0.1) is 0 Å². The highest BCUT2D eigenvalue weighted by molar-refractivity contribution is 9.10. The highest BCUT2D eigenvalue weighted by Gasteiger charge is 2.21. The summed E-state index contributed by atoms with van der Waals surface area (Å²) in [5.41, 5.74) is 2.53. The maximum Gasteiger partial charge on any atom is 0.408 e. The zero-order valence-electron chi connectivity index (χ0n) is 18.9. The van der Waals surface area contributed by atoms with Crippen molar-refractivity contribution in [2.24, 2.45) is 5.92 Å². The smallest absolute Gasteiger partial charge is 0.408 e. The van der Waals surface area contributed by atoms with Gasteiger partial charge in [0.25, 0.3) is 0 Å². The number of anilines is 1. The van der Waals surface area contributed by atoms with Crippen molar-refractivity contribution in [1.82, 2.24) is 10.3 Å². The fraction of sp³-hybridized carbons (Fsp3) is 0.458. The molecule has 2 rings (SSSR count). The maximum absolute atomic E-state index is 12.5. The molecule has 0 bridgehead atoms. The van der Waals surface area contributed by atoms with Gasteiger partial charge in [-0.25, -0.2) is 4.79 Å². The van der Waals surface area contributed by atoms with Crippen LogP contribution in [0.3, 0.4) is 0 Å². The van der Waals surface area contributed by atoms with Crippen LogP contribution in [0.2, 0.25) is 0 Å². The molecule has 1 atom stereocenters. The van der Waals surface area contributed by atoms with Crippen LogP contribution in [0.5, 0.6) is 0 Å². The minimum Gasteiger partial charge on any atom is -0.444 e. The normalized spacial score (nSPS) is 12.4. The van der Waals surface area contributed by atoms with Crippen molar-refractivity contribution in [2.45, 2.75) is 65.5 Å². The van der Waals surface area contributed by atoms with Crippen LogP contribution in [-0.2, 0) is 9.53 Å². The van der Waals surface area contributed by atoms with E-state index in [9.17, 15) is 9.59 Å². The van der Waals surface area contributed by atoms with E-state index >= 15 is 0 Å². The quantitative estimate of drug-likeness (QED) is 0.395. The molecular weight excluding hydrogens is 458 g/mol. The molecule has 31 heavy (non-hydrogen) atoms. The van der Waals surface area contributed by atoms with Gasteiger partial charge in [-0.3, -0.25) is 9.78 Å². The molecule has 0 saturated heterocycles. The third kappa shape index (κ3) is 8.32. The lowest BCUT2D eigenvalue weighted by Crippen LogP contribution is -2.35. The minimum absolute atomic E-state index is 0.188. The van der Waals surface area contributed by atoms with E-state index in [1.54, 1.807) is 6.20 Å². The van der Waals surface area contributed by atoms with Crippen molar-refractivity contribution in [3.63, 3.8) is 0 Å². The van der Waals surface area contributed by atoms with Crippen LogP contribution in [0.4, 0.5) is 10.5 Å². The number of ether oxygens (including phenoxy) is 1. The molecule has 1 aromatic heterocycles. The number of aromatic nitrogens is 1. The highest BCUT2D eigenvalue weighted by Crippen LogP contribution is 2.31. The largest absolute Gasteiger partial charge is 0.444 e. The molecule has 2 amide bonds. The maximum atomic E-state index is 12.5. The van der Waals surface area contributed by atoms with Crippen LogP contribution in [0, 0.1) is 5.92 Å². The fourth-order valence-corrected chi connectivity index (χ4v) is 3.58. The number of rotatable bonds is 9. The van der Waals surface area contributed by atoms with Gasteiger partial charge in [0.2, 0.25) is 6.41 Å². The van der Waals surface area contributed by atoms with E-state index < -0.39 is 11.7 Å². The Kier molecular flexibility index (Phi) is 9.04. The molecule has 0 aliphatic heterocycles. The van der Waals surface area contributed by atoms with Crippen LogP contribution >= 0.6 is 15.9 Å². The summed E-state index contributed by atoms with van der Waals surface area (Å²) in [5, 5.41) is 5.74. The average Bonchev–Trinajstić information content (AvgIpc) is 2.66. The number of amides is 2. The average molecular weight is 490 g/mol. The summed E-state index contributed by atoms with van der Waals surface area (Å²) in [5.74, 6) is 0.595. The first-order valence-electron chi connectivity index (χ1n) is 10.5. The molecule has 1 unspecified atom stereocenters. The molecule has 2 aromatic rings. The Morgan fingerprint density at radius 1 is 1.23 bits per heavy atom. The zero-order chi connectivity index (χ0) is 23.0. The van der Waals surface area contributed by atoms with Gasteiger partial charge in [0.15, 0.2) is 0 Å². The number of carbonyl (C=O) groups is 2. The van der Waals surface area contributed by atoms with Crippen molar-refractivity contribution in [2.75, 3.05) is 5.32 Å². The van der Waals surface area contributed by atoms with Crippen LogP contribution in [0.1, 0.15) is 65.5 Å². The summed E-state index contributed by atoms with van der Waals surface area (Å²) in [6.07, 6.45) is 4.75. The number of hydrogen-bond donors (Lipinski definition) is 2. The van der Waals surface area contributed by atoms with Gasteiger partial charge >= 0.3 is 6.09 Å². The summed E-state index contributed by atoms with van der Waals surface area (Å²) in [6.45, 7) is 9.93. The molecule has 0 fully saturated rings. The summed E-state index contributed by atoms with van der Waals surface area (Å²) in [6, 6.07) is 9.49. The van der Waals surface area contributed by atoms with Crippen molar-refractivity contribution >= 4 is 34.1 Å². The zero-order valence-corrected chi connectivity index (χ0v) is 20.5. The first kappa shape index (κ1) is 24.9. The first-order valence-corrected chi connectivity index (χ1v) is 11.3. The van der Waals surface area contributed by atoms with Crippen LogP contribution in [0.25, 0.3) is 11.3 Å². The first-order chi connectivity index (χ1) is 14.6. The number of carbonyl (C=O) groups excluding carboxylic acids is 2. The summed E-state index contributed by atoms with van der Waals surface area (Å²) < 4.78 is 6.25. The third-order valence-corrected chi connectivity index (χ3v) is 5.03. The SMILES string of the molecule is CC(C)CCCC(NC(=O)OC(C)(C)C)c1cccc(-c2ncc(Br)cc2NC=O)c1. The van der Waals surface area contributed by atoms with Gasteiger partial charge < -0.3 is 15.4 Å². The number of hydrogen-bond acceptors (Lipinski definition) is 4. The second kappa shape index (κ2) is 11.3. The third-order valence-electron chi connectivity index (χ3n) is 4.60. The lowest BCUT2D eigenvalue weighted by Gasteiger charge is -2.24. The van der Waals surface area contributed by atoms with E-state index in [0.29, 0.717) is 23.7 Å². The molecule has 0 radical (unpaired) electrons. The monoisotopic (exact) mass is 489 g/mol. The Morgan fingerprint density at radius 2 is 1.97 bits per heavy atom. The molecule has 0 saturated carbocycles. The number of halogens is 1. The molecule has 6 nitrogen and oxygen atoms in total. The lowest BCUT2D eigenvalue weighted by molar-refractivity contribution is -0.105. The molecule has 1 aromatic carbocycles. The number of benzene rings is 1. The van der Waals surface area contributed by atoms with Crippen molar-refractivity contribution < 1.29 is 14.3 Å². The Balaban J connectivity index is 2.33. The van der Waals surface area contributed by atoms with Crippen molar-refractivity contribution in [1.29, 1.82) is 0 Å². The Morgan fingerprint density at radius 3 is 2.61 bits per heavy atom. The van der Waals surface area contributed by atoms with Gasteiger partial charge in [-0.1, -0.05) is 44.9 Å². The van der Waals surface area contributed by atoms with E-state index in [-0.39, 0.29) is 6.04 Å². The van der Waals surface area contributed by atoms with E-state index in [4.69, 9.17) is 4.74 Å². The Labute approximate surface area is 193 Å². The van der Waals surface area contributed by atoms with Crippen LogP contribution in [0.15, 0.2) is 41.0 Å². The van der Waals surface area contributed by atoms with E-state index in [0.717, 1.165) is 34.9 Å². The van der Waals surface area contributed by atoms with Crippen molar-refractivity contribution in [3.05, 3.63) is 46.6 Å². The van der Waals surface area contributed by atoms with Crippen LogP contribution in [-0.4, -0.2) is 23.1 Å². The molecule has 0 aliphatic rings. The van der Waals surface area contributed by atoms with Gasteiger partial charge in [0, 0.05) is 16.2 Å². The standard InChI is InChI=1S/C24H32BrN3O3/c1-16(2)8-6-11-20(28-23(30)31-24(3,4)5)17-9-7-10-18(12-17)22-21(27-15-29)13-19(25)14-26-22/h7,9-10,12-16,20H,6,8,11H2,1-5H3,(H,27,29)(H,28,30). The Bertz CT molecular complexity index is 894.